The zero-order valence-electron chi connectivity index (χ0n) is 14.7. The van der Waals surface area contributed by atoms with Crippen LogP contribution in [0.25, 0.3) is 11.3 Å². The summed E-state index contributed by atoms with van der Waals surface area (Å²) < 4.78 is 10.9. The summed E-state index contributed by atoms with van der Waals surface area (Å²) >= 11 is 0. The van der Waals surface area contributed by atoms with E-state index < -0.39 is 11.9 Å². The van der Waals surface area contributed by atoms with Crippen LogP contribution in [-0.4, -0.2) is 47.1 Å². The van der Waals surface area contributed by atoms with Crippen LogP contribution in [0.5, 0.6) is 5.75 Å². The lowest BCUT2D eigenvalue weighted by Crippen LogP contribution is -2.42. The highest BCUT2D eigenvalue weighted by atomic mass is 16.5. The van der Waals surface area contributed by atoms with Crippen molar-refractivity contribution in [2.75, 3.05) is 20.2 Å². The maximum absolute atomic E-state index is 12.3. The van der Waals surface area contributed by atoms with Gasteiger partial charge in [-0.15, -0.1) is 0 Å². The highest BCUT2D eigenvalue weighted by Gasteiger charge is 2.28. The highest BCUT2D eigenvalue weighted by Crippen LogP contribution is 2.24. The molecule has 138 valence electrons. The van der Waals surface area contributed by atoms with Crippen LogP contribution in [0, 0.1) is 5.92 Å². The van der Waals surface area contributed by atoms with Crippen LogP contribution in [0.1, 0.15) is 25.2 Å². The molecule has 1 N–H and O–H groups in total. The summed E-state index contributed by atoms with van der Waals surface area (Å²) in [6.45, 7) is 0.905. The largest absolute Gasteiger partial charge is 0.497 e. The molecule has 1 fully saturated rings. The number of carbonyl (C=O) groups is 2. The molecule has 0 saturated carbocycles. The van der Waals surface area contributed by atoms with Gasteiger partial charge in [0.25, 0.3) is 0 Å². The molecule has 1 aromatic heterocycles. The van der Waals surface area contributed by atoms with Gasteiger partial charge in [-0.2, -0.15) is 0 Å². The van der Waals surface area contributed by atoms with Gasteiger partial charge in [0.15, 0.2) is 11.7 Å². The van der Waals surface area contributed by atoms with E-state index in [0.29, 0.717) is 31.0 Å². The summed E-state index contributed by atoms with van der Waals surface area (Å²) in [7, 11) is 1.61. The molecule has 1 atom stereocenters. The molecule has 7 nitrogen and oxygen atoms in total. The Kier molecular flexibility index (Phi) is 5.55. The van der Waals surface area contributed by atoms with E-state index in [1.807, 2.05) is 24.3 Å². The maximum Gasteiger partial charge on any atom is 0.308 e. The van der Waals surface area contributed by atoms with E-state index in [1.54, 1.807) is 18.2 Å². The van der Waals surface area contributed by atoms with Crippen LogP contribution in [0.15, 0.2) is 34.9 Å². The molecule has 7 heteroatoms. The van der Waals surface area contributed by atoms with Gasteiger partial charge in [-0.25, -0.2) is 4.98 Å². The Hall–Kier alpha value is -2.83. The number of benzene rings is 1. The Morgan fingerprint density at radius 2 is 2.12 bits per heavy atom. The third-order valence-electron chi connectivity index (χ3n) is 4.60. The minimum atomic E-state index is -0.834. The van der Waals surface area contributed by atoms with Crippen molar-refractivity contribution >= 4 is 11.9 Å². The van der Waals surface area contributed by atoms with E-state index in [1.165, 1.54) is 0 Å². The summed E-state index contributed by atoms with van der Waals surface area (Å²) in [6.07, 6.45) is 3.65. The second-order valence-electron chi connectivity index (χ2n) is 6.36. The third kappa shape index (κ3) is 4.22. The number of likely N-dealkylation sites (tertiary alicyclic amines) is 1. The number of amides is 1. The van der Waals surface area contributed by atoms with Crippen molar-refractivity contribution in [3.05, 3.63) is 36.4 Å². The number of aryl methyl sites for hydroxylation is 1. The first kappa shape index (κ1) is 18.0. The number of hydrogen-bond donors (Lipinski definition) is 1. The number of methoxy groups -OCH3 is 1. The second kappa shape index (κ2) is 8.03. The summed E-state index contributed by atoms with van der Waals surface area (Å²) in [5.74, 6) is 0.547. The molecular formula is C19H22N2O5. The van der Waals surface area contributed by atoms with E-state index in [0.717, 1.165) is 17.7 Å². The Balaban J connectivity index is 1.55. The van der Waals surface area contributed by atoms with Crippen LogP contribution >= 0.6 is 0 Å². The van der Waals surface area contributed by atoms with Gasteiger partial charge in [0, 0.05) is 31.5 Å². The Bertz CT molecular complexity index is 768. The van der Waals surface area contributed by atoms with Gasteiger partial charge in [-0.05, 0) is 37.1 Å². The number of piperidine rings is 1. The lowest BCUT2D eigenvalue weighted by Gasteiger charge is -2.30. The summed E-state index contributed by atoms with van der Waals surface area (Å²) in [6, 6.07) is 7.45. The molecule has 1 aromatic carbocycles. The fraction of sp³-hybridized carbons (Fsp3) is 0.421. The van der Waals surface area contributed by atoms with Crippen molar-refractivity contribution in [1.29, 1.82) is 0 Å². The van der Waals surface area contributed by atoms with Gasteiger partial charge < -0.3 is 19.2 Å². The number of nitrogens with zero attached hydrogens (tertiary/aromatic N) is 2. The number of hydrogen-bond acceptors (Lipinski definition) is 5. The van der Waals surface area contributed by atoms with Gasteiger partial charge >= 0.3 is 5.97 Å². The quantitative estimate of drug-likeness (QED) is 0.853. The second-order valence-corrected chi connectivity index (χ2v) is 6.36. The van der Waals surface area contributed by atoms with E-state index in [9.17, 15) is 9.59 Å². The maximum atomic E-state index is 12.3. The number of rotatable bonds is 6. The monoisotopic (exact) mass is 358 g/mol. The molecule has 1 aliphatic heterocycles. The molecule has 1 amide bonds. The predicted octanol–water partition coefficient (Wildman–Crippen LogP) is 2.61. The number of aliphatic carboxylic acids is 1. The molecule has 0 radical (unpaired) electrons. The van der Waals surface area contributed by atoms with Crippen molar-refractivity contribution in [2.45, 2.75) is 25.7 Å². The summed E-state index contributed by atoms with van der Waals surface area (Å²) in [5.41, 5.74) is 0.885. The van der Waals surface area contributed by atoms with E-state index in [4.69, 9.17) is 14.3 Å². The number of oxazole rings is 1. The van der Waals surface area contributed by atoms with Crippen LogP contribution in [0.4, 0.5) is 0 Å². The van der Waals surface area contributed by atoms with Crippen molar-refractivity contribution in [3.8, 4) is 17.1 Å². The fourth-order valence-corrected chi connectivity index (χ4v) is 3.09. The lowest BCUT2D eigenvalue weighted by molar-refractivity contribution is -0.145. The smallest absolute Gasteiger partial charge is 0.308 e. The van der Waals surface area contributed by atoms with Gasteiger partial charge in [0.05, 0.1) is 19.2 Å². The van der Waals surface area contributed by atoms with Crippen molar-refractivity contribution in [1.82, 2.24) is 9.88 Å². The van der Waals surface area contributed by atoms with Crippen LogP contribution in [-0.2, 0) is 16.0 Å². The highest BCUT2D eigenvalue weighted by molar-refractivity contribution is 5.78. The normalized spacial score (nSPS) is 17.1. The average Bonchev–Trinajstić information content (AvgIpc) is 3.15. The van der Waals surface area contributed by atoms with Crippen molar-refractivity contribution in [3.63, 3.8) is 0 Å². The minimum Gasteiger partial charge on any atom is -0.497 e. The van der Waals surface area contributed by atoms with Crippen molar-refractivity contribution in [2.24, 2.45) is 5.92 Å². The Morgan fingerprint density at radius 3 is 2.81 bits per heavy atom. The van der Waals surface area contributed by atoms with E-state index >= 15 is 0 Å². The zero-order chi connectivity index (χ0) is 18.5. The standard InChI is InChI=1S/C19H22N2O5/c1-25-15-6-4-13(5-7-15)16-11-20-17(26-16)8-9-18(22)21-10-2-3-14(12-21)19(23)24/h4-7,11,14H,2-3,8-10,12H2,1H3,(H,23,24)/t14-/m1/s1. The number of aromatic nitrogens is 1. The molecule has 0 spiro atoms. The van der Waals surface area contributed by atoms with Gasteiger partial charge in [-0.3, -0.25) is 9.59 Å². The minimum absolute atomic E-state index is 0.0554. The van der Waals surface area contributed by atoms with Crippen molar-refractivity contribution < 1.29 is 23.8 Å². The first-order valence-electron chi connectivity index (χ1n) is 8.66. The van der Waals surface area contributed by atoms with Crippen LogP contribution in [0.3, 0.4) is 0 Å². The van der Waals surface area contributed by atoms with Crippen LogP contribution in [0.2, 0.25) is 0 Å². The zero-order valence-corrected chi connectivity index (χ0v) is 14.7. The van der Waals surface area contributed by atoms with Gasteiger partial charge in [-0.1, -0.05) is 0 Å². The molecule has 1 saturated heterocycles. The third-order valence-corrected chi connectivity index (χ3v) is 4.60. The van der Waals surface area contributed by atoms with Gasteiger partial charge in [0.2, 0.25) is 5.91 Å². The molecule has 3 rings (SSSR count). The molecule has 26 heavy (non-hydrogen) atoms. The Labute approximate surface area is 151 Å². The van der Waals surface area contributed by atoms with Gasteiger partial charge in [0.1, 0.15) is 5.75 Å². The average molecular weight is 358 g/mol. The molecule has 2 heterocycles. The van der Waals surface area contributed by atoms with E-state index in [-0.39, 0.29) is 18.9 Å². The number of carbonyl (C=O) groups excluding carboxylic acids is 1. The SMILES string of the molecule is COc1ccc(-c2cnc(CCC(=O)N3CCC[C@@H](C(=O)O)C3)o2)cc1. The summed E-state index contributed by atoms with van der Waals surface area (Å²) in [5, 5.41) is 9.12. The molecule has 0 aliphatic carbocycles. The topological polar surface area (TPSA) is 92.9 Å². The lowest BCUT2D eigenvalue weighted by atomic mass is 9.98. The number of ether oxygens (including phenoxy) is 1. The molecule has 1 aliphatic rings. The molecule has 0 bridgehead atoms. The van der Waals surface area contributed by atoms with E-state index in [2.05, 4.69) is 4.98 Å². The first-order valence-corrected chi connectivity index (χ1v) is 8.66. The fourth-order valence-electron chi connectivity index (χ4n) is 3.09. The molecule has 0 unspecified atom stereocenters. The molecule has 2 aromatic rings. The molecular weight excluding hydrogens is 336 g/mol. The Morgan fingerprint density at radius 1 is 1.35 bits per heavy atom. The number of carboxylic acid groups (broad SMARTS) is 1. The first-order chi connectivity index (χ1) is 12.6. The summed E-state index contributed by atoms with van der Waals surface area (Å²) in [4.78, 5) is 29.3. The van der Waals surface area contributed by atoms with Crippen LogP contribution < -0.4 is 4.74 Å². The predicted molar refractivity (Wildman–Crippen MR) is 93.8 cm³/mol. The number of carboxylic acids is 1.